The molecule has 0 bridgehead atoms. The second kappa shape index (κ2) is 8.52. The average molecular weight is 379 g/mol. The first-order chi connectivity index (χ1) is 13.0. The highest BCUT2D eigenvalue weighted by atomic mass is 35.5. The molecule has 0 fully saturated rings. The first kappa shape index (κ1) is 18.7. The van der Waals surface area contributed by atoms with Gasteiger partial charge in [-0.25, -0.2) is 0 Å². The van der Waals surface area contributed by atoms with Crippen molar-refractivity contribution in [2.24, 2.45) is 0 Å². The highest BCUT2D eigenvalue weighted by molar-refractivity contribution is 6.31. The maximum atomic E-state index is 12.4. The van der Waals surface area contributed by atoms with Gasteiger partial charge in [0, 0.05) is 28.4 Å². The van der Waals surface area contributed by atoms with Gasteiger partial charge >= 0.3 is 0 Å². The zero-order valence-electron chi connectivity index (χ0n) is 14.8. The Bertz CT molecular complexity index is 954. The molecule has 0 radical (unpaired) electrons. The predicted molar refractivity (Wildman–Crippen MR) is 108 cm³/mol. The molecule has 3 rings (SSSR count). The summed E-state index contributed by atoms with van der Waals surface area (Å²) in [4.78, 5) is 24.7. The molecule has 0 saturated heterocycles. The minimum absolute atomic E-state index is 0.184. The van der Waals surface area contributed by atoms with Crippen LogP contribution in [0.15, 0.2) is 72.8 Å². The van der Waals surface area contributed by atoms with Crippen LogP contribution in [0, 0.1) is 6.92 Å². The quantitative estimate of drug-likeness (QED) is 0.668. The third kappa shape index (κ3) is 4.96. The summed E-state index contributed by atoms with van der Waals surface area (Å²) in [5, 5.41) is 6.26. The molecular formula is C22H19ClN2O2. The fourth-order valence-electron chi connectivity index (χ4n) is 2.58. The standard InChI is InChI=1S/C22H19ClN2O2/c1-15-7-12-19(23)13-20(15)25-22(27)18-10-8-17(9-11-18)21(26)24-14-16-5-3-2-4-6-16/h2-13H,14H2,1H3,(H,24,26)(H,25,27). The van der Waals surface area contributed by atoms with Crippen LogP contribution < -0.4 is 10.6 Å². The molecule has 0 aliphatic heterocycles. The molecule has 0 unspecified atom stereocenters. The van der Waals surface area contributed by atoms with Crippen LogP contribution in [0.3, 0.4) is 0 Å². The van der Waals surface area contributed by atoms with Crippen LogP contribution in [0.4, 0.5) is 5.69 Å². The van der Waals surface area contributed by atoms with Gasteiger partial charge in [-0.2, -0.15) is 0 Å². The summed E-state index contributed by atoms with van der Waals surface area (Å²) in [6.45, 7) is 2.35. The van der Waals surface area contributed by atoms with Crippen molar-refractivity contribution in [3.63, 3.8) is 0 Å². The lowest BCUT2D eigenvalue weighted by molar-refractivity contribution is 0.0949. The van der Waals surface area contributed by atoms with Crippen LogP contribution >= 0.6 is 11.6 Å². The van der Waals surface area contributed by atoms with Crippen molar-refractivity contribution >= 4 is 29.1 Å². The molecule has 27 heavy (non-hydrogen) atoms. The van der Waals surface area contributed by atoms with Crippen LogP contribution in [0.5, 0.6) is 0 Å². The molecular weight excluding hydrogens is 360 g/mol. The van der Waals surface area contributed by atoms with Gasteiger partial charge < -0.3 is 10.6 Å². The van der Waals surface area contributed by atoms with Crippen LogP contribution in [0.25, 0.3) is 0 Å². The smallest absolute Gasteiger partial charge is 0.255 e. The molecule has 0 aliphatic rings. The van der Waals surface area contributed by atoms with Crippen molar-refractivity contribution in [3.05, 3.63) is 100 Å². The van der Waals surface area contributed by atoms with Gasteiger partial charge in [0.1, 0.15) is 0 Å². The van der Waals surface area contributed by atoms with E-state index in [9.17, 15) is 9.59 Å². The molecule has 2 N–H and O–H groups in total. The highest BCUT2D eigenvalue weighted by Gasteiger charge is 2.10. The fraction of sp³-hybridized carbons (Fsp3) is 0.0909. The summed E-state index contributed by atoms with van der Waals surface area (Å²) in [7, 11) is 0. The van der Waals surface area contributed by atoms with Gasteiger partial charge in [0.2, 0.25) is 0 Å². The minimum Gasteiger partial charge on any atom is -0.348 e. The summed E-state index contributed by atoms with van der Waals surface area (Å²) in [5.41, 5.74) is 3.58. The fourth-order valence-corrected chi connectivity index (χ4v) is 2.75. The molecule has 0 heterocycles. The Kier molecular flexibility index (Phi) is 5.89. The molecule has 0 spiro atoms. The highest BCUT2D eigenvalue weighted by Crippen LogP contribution is 2.21. The van der Waals surface area contributed by atoms with E-state index < -0.39 is 0 Å². The largest absolute Gasteiger partial charge is 0.348 e. The Morgan fingerprint density at radius 1 is 0.852 bits per heavy atom. The molecule has 0 aromatic heterocycles. The van der Waals surface area contributed by atoms with E-state index in [0.717, 1.165) is 11.1 Å². The Morgan fingerprint density at radius 3 is 2.15 bits per heavy atom. The Morgan fingerprint density at radius 2 is 1.48 bits per heavy atom. The van der Waals surface area contributed by atoms with Crippen molar-refractivity contribution < 1.29 is 9.59 Å². The minimum atomic E-state index is -0.253. The number of hydrogen-bond acceptors (Lipinski definition) is 2. The number of amides is 2. The number of nitrogens with one attached hydrogen (secondary N) is 2. The molecule has 3 aromatic carbocycles. The lowest BCUT2D eigenvalue weighted by atomic mass is 10.1. The van der Waals surface area contributed by atoms with Gasteiger partial charge in [-0.15, -0.1) is 0 Å². The van der Waals surface area contributed by atoms with Gasteiger partial charge in [-0.05, 0) is 54.4 Å². The monoisotopic (exact) mass is 378 g/mol. The van der Waals surface area contributed by atoms with Crippen molar-refractivity contribution in [1.29, 1.82) is 0 Å². The number of hydrogen-bond donors (Lipinski definition) is 2. The normalized spacial score (nSPS) is 10.3. The summed E-state index contributed by atoms with van der Waals surface area (Å²) >= 11 is 5.98. The lowest BCUT2D eigenvalue weighted by Crippen LogP contribution is -2.23. The van der Waals surface area contributed by atoms with E-state index in [1.165, 1.54) is 0 Å². The number of benzene rings is 3. The van der Waals surface area contributed by atoms with Crippen molar-refractivity contribution in [2.75, 3.05) is 5.32 Å². The van der Waals surface area contributed by atoms with Crippen LogP contribution in [0.1, 0.15) is 31.8 Å². The van der Waals surface area contributed by atoms with Gasteiger partial charge in [0.15, 0.2) is 0 Å². The van der Waals surface area contributed by atoms with Crippen LogP contribution in [0.2, 0.25) is 5.02 Å². The molecule has 4 nitrogen and oxygen atoms in total. The van der Waals surface area contributed by atoms with Crippen LogP contribution in [-0.2, 0) is 6.54 Å². The number of carbonyl (C=O) groups excluding carboxylic acids is 2. The first-order valence-electron chi connectivity index (χ1n) is 8.52. The van der Waals surface area contributed by atoms with E-state index in [4.69, 9.17) is 11.6 Å². The first-order valence-corrected chi connectivity index (χ1v) is 8.90. The second-order valence-corrected chi connectivity index (χ2v) is 6.60. The number of aryl methyl sites for hydroxylation is 1. The second-order valence-electron chi connectivity index (χ2n) is 6.16. The Balaban J connectivity index is 1.63. The SMILES string of the molecule is Cc1ccc(Cl)cc1NC(=O)c1ccc(C(=O)NCc2ccccc2)cc1. The number of anilines is 1. The molecule has 0 aliphatic carbocycles. The van der Waals surface area contributed by atoms with Crippen molar-refractivity contribution in [3.8, 4) is 0 Å². The predicted octanol–water partition coefficient (Wildman–Crippen LogP) is 4.83. The van der Waals surface area contributed by atoms with E-state index in [1.807, 2.05) is 43.3 Å². The van der Waals surface area contributed by atoms with E-state index in [0.29, 0.717) is 28.4 Å². The molecule has 2 amide bonds. The van der Waals surface area contributed by atoms with Crippen molar-refractivity contribution in [1.82, 2.24) is 5.32 Å². The average Bonchev–Trinajstić information content (AvgIpc) is 2.70. The van der Waals surface area contributed by atoms with E-state index in [1.54, 1.807) is 36.4 Å². The molecule has 0 atom stereocenters. The number of carbonyl (C=O) groups is 2. The topological polar surface area (TPSA) is 58.2 Å². The van der Waals surface area contributed by atoms with Crippen LogP contribution in [-0.4, -0.2) is 11.8 Å². The number of halogens is 1. The Labute approximate surface area is 163 Å². The van der Waals surface area contributed by atoms with Gasteiger partial charge in [-0.3, -0.25) is 9.59 Å². The van der Waals surface area contributed by atoms with E-state index >= 15 is 0 Å². The summed E-state index contributed by atoms with van der Waals surface area (Å²) < 4.78 is 0. The zero-order valence-corrected chi connectivity index (χ0v) is 15.6. The summed E-state index contributed by atoms with van der Waals surface area (Å²) in [5.74, 6) is -0.437. The van der Waals surface area contributed by atoms with Gasteiger partial charge in [0.05, 0.1) is 0 Å². The third-order valence-corrected chi connectivity index (χ3v) is 4.39. The Hall–Kier alpha value is -3.11. The maximum Gasteiger partial charge on any atom is 0.255 e. The van der Waals surface area contributed by atoms with E-state index in [2.05, 4.69) is 10.6 Å². The zero-order chi connectivity index (χ0) is 19.2. The molecule has 5 heteroatoms. The van der Waals surface area contributed by atoms with E-state index in [-0.39, 0.29) is 11.8 Å². The molecule has 0 saturated carbocycles. The lowest BCUT2D eigenvalue weighted by Gasteiger charge is -2.10. The summed E-state index contributed by atoms with van der Waals surface area (Å²) in [6.07, 6.45) is 0. The van der Waals surface area contributed by atoms with Crippen molar-refractivity contribution in [2.45, 2.75) is 13.5 Å². The maximum absolute atomic E-state index is 12.4. The third-order valence-electron chi connectivity index (χ3n) is 4.15. The number of rotatable bonds is 5. The van der Waals surface area contributed by atoms with Gasteiger partial charge in [0.25, 0.3) is 11.8 Å². The molecule has 136 valence electrons. The molecule has 3 aromatic rings. The van der Waals surface area contributed by atoms with Gasteiger partial charge in [-0.1, -0.05) is 48.0 Å². The summed E-state index contributed by atoms with van der Waals surface area (Å²) in [6, 6.07) is 21.6.